The van der Waals surface area contributed by atoms with Crippen molar-refractivity contribution in [3.05, 3.63) is 10.1 Å². The summed E-state index contributed by atoms with van der Waals surface area (Å²) in [6.07, 6.45) is -0.238. The zero-order valence-electron chi connectivity index (χ0n) is 6.98. The van der Waals surface area contributed by atoms with E-state index in [1.807, 2.05) is 0 Å². The molecule has 0 amide bonds. The van der Waals surface area contributed by atoms with Gasteiger partial charge in [0, 0.05) is 6.92 Å². The van der Waals surface area contributed by atoms with Gasteiger partial charge in [-0.25, -0.2) is 0 Å². The monoisotopic (exact) mass is 177 g/mol. The first kappa shape index (κ1) is 10.7. The van der Waals surface area contributed by atoms with Crippen molar-refractivity contribution in [2.45, 2.75) is 26.4 Å². The summed E-state index contributed by atoms with van der Waals surface area (Å²) in [6, 6.07) is 0. The van der Waals surface area contributed by atoms with E-state index in [-0.39, 0.29) is 6.61 Å². The quantitative estimate of drug-likeness (QED) is 0.348. The Bertz CT molecular complexity index is 169. The predicted molar refractivity (Wildman–Crippen MR) is 38.8 cm³/mol. The van der Waals surface area contributed by atoms with Crippen molar-refractivity contribution < 1.29 is 19.5 Å². The minimum atomic E-state index is -0.891. The molecule has 0 aliphatic rings. The van der Waals surface area contributed by atoms with Gasteiger partial charge in [-0.2, -0.15) is 0 Å². The van der Waals surface area contributed by atoms with Gasteiger partial charge in [0.15, 0.2) is 0 Å². The van der Waals surface area contributed by atoms with Gasteiger partial charge in [0.1, 0.15) is 12.7 Å². The van der Waals surface area contributed by atoms with Crippen molar-refractivity contribution in [2.75, 3.05) is 6.61 Å². The number of esters is 1. The Kier molecular flexibility index (Phi) is 4.75. The fraction of sp³-hybridized carbons (Fsp3) is 0.833. The van der Waals surface area contributed by atoms with Crippen molar-refractivity contribution in [1.82, 2.24) is 0 Å². The molecular formula is C6H11NO5. The number of ether oxygens (including phenoxy) is 1. The van der Waals surface area contributed by atoms with Gasteiger partial charge in [0.25, 0.3) is 5.09 Å². The van der Waals surface area contributed by atoms with Crippen LogP contribution in [0.15, 0.2) is 0 Å². The normalized spacial score (nSPS) is 11.8. The lowest BCUT2D eigenvalue weighted by molar-refractivity contribution is -0.769. The lowest BCUT2D eigenvalue weighted by Crippen LogP contribution is -2.23. The van der Waals surface area contributed by atoms with Gasteiger partial charge in [0.05, 0.1) is 0 Å². The van der Waals surface area contributed by atoms with Crippen LogP contribution in [0.5, 0.6) is 0 Å². The van der Waals surface area contributed by atoms with Crippen molar-refractivity contribution in [3.63, 3.8) is 0 Å². The third-order valence-corrected chi connectivity index (χ3v) is 1.16. The van der Waals surface area contributed by atoms with Crippen molar-refractivity contribution in [2.24, 2.45) is 0 Å². The molecule has 0 rings (SSSR count). The number of hydrogen-bond acceptors (Lipinski definition) is 5. The summed E-state index contributed by atoms with van der Waals surface area (Å²) in [6.45, 7) is 2.86. The number of nitrogens with zero attached hydrogens (tertiary/aromatic N) is 1. The van der Waals surface area contributed by atoms with Gasteiger partial charge in [-0.3, -0.25) is 4.79 Å². The molecule has 0 aliphatic carbocycles. The van der Waals surface area contributed by atoms with Crippen LogP contribution in [0, 0.1) is 10.1 Å². The lowest BCUT2D eigenvalue weighted by atomic mass is 10.3. The number of carbonyl (C=O) groups excluding carboxylic acids is 1. The highest BCUT2D eigenvalue weighted by molar-refractivity contribution is 5.65. The smallest absolute Gasteiger partial charge is 0.302 e. The Morgan fingerprint density at radius 2 is 2.25 bits per heavy atom. The van der Waals surface area contributed by atoms with Crippen LogP contribution in [-0.2, 0) is 14.4 Å². The summed E-state index contributed by atoms with van der Waals surface area (Å²) in [5.74, 6) is -0.472. The van der Waals surface area contributed by atoms with Crippen LogP contribution in [0.3, 0.4) is 0 Å². The molecule has 0 saturated carbocycles. The minimum Gasteiger partial charge on any atom is -0.464 e. The average Bonchev–Trinajstić information content (AvgIpc) is 1.97. The molecule has 1 unspecified atom stereocenters. The Morgan fingerprint density at radius 1 is 1.67 bits per heavy atom. The second-order valence-corrected chi connectivity index (χ2v) is 2.16. The maximum Gasteiger partial charge on any atom is 0.302 e. The summed E-state index contributed by atoms with van der Waals surface area (Å²) < 4.78 is 4.53. The molecule has 1 atom stereocenters. The van der Waals surface area contributed by atoms with E-state index < -0.39 is 17.2 Å². The first-order chi connectivity index (χ1) is 5.56. The highest BCUT2D eigenvalue weighted by Crippen LogP contribution is 1.98. The van der Waals surface area contributed by atoms with Crippen LogP contribution in [0.25, 0.3) is 0 Å². The second-order valence-electron chi connectivity index (χ2n) is 2.16. The molecule has 0 saturated heterocycles. The SMILES string of the molecule is CCC(COC(C)=O)O[N+](=O)[O-]. The molecule has 0 aliphatic heterocycles. The van der Waals surface area contributed by atoms with Gasteiger partial charge < -0.3 is 9.57 Å². The topological polar surface area (TPSA) is 78.7 Å². The highest BCUT2D eigenvalue weighted by Gasteiger charge is 2.11. The number of hydrogen-bond donors (Lipinski definition) is 0. The van der Waals surface area contributed by atoms with Gasteiger partial charge in [-0.1, -0.05) is 6.92 Å². The van der Waals surface area contributed by atoms with Gasteiger partial charge in [-0.15, -0.1) is 10.1 Å². The standard InChI is InChI=1S/C6H11NO5/c1-3-6(12-7(9)10)4-11-5(2)8/h6H,3-4H2,1-2H3. The molecule has 6 nitrogen and oxygen atoms in total. The molecule has 12 heavy (non-hydrogen) atoms. The molecule has 70 valence electrons. The summed E-state index contributed by atoms with van der Waals surface area (Å²) in [7, 11) is 0. The molecule has 0 radical (unpaired) electrons. The zero-order chi connectivity index (χ0) is 9.56. The van der Waals surface area contributed by atoms with E-state index in [0.717, 1.165) is 0 Å². The van der Waals surface area contributed by atoms with Gasteiger partial charge in [-0.05, 0) is 6.42 Å². The molecule has 0 spiro atoms. The molecule has 0 aromatic rings. The highest BCUT2D eigenvalue weighted by atomic mass is 17.0. The van der Waals surface area contributed by atoms with Crippen LogP contribution in [0.2, 0.25) is 0 Å². The summed E-state index contributed by atoms with van der Waals surface area (Å²) in [5.41, 5.74) is 0. The van der Waals surface area contributed by atoms with Crippen LogP contribution < -0.4 is 0 Å². The van der Waals surface area contributed by atoms with Crippen LogP contribution in [0.1, 0.15) is 20.3 Å². The van der Waals surface area contributed by atoms with Gasteiger partial charge >= 0.3 is 5.97 Å². The third-order valence-electron chi connectivity index (χ3n) is 1.16. The minimum absolute atomic E-state index is 0.0766. The maximum absolute atomic E-state index is 10.3. The van der Waals surface area contributed by atoms with Crippen molar-refractivity contribution >= 4 is 5.97 Å². The van der Waals surface area contributed by atoms with E-state index in [4.69, 9.17) is 0 Å². The molecule has 0 aromatic carbocycles. The lowest BCUT2D eigenvalue weighted by Gasteiger charge is -2.11. The second kappa shape index (κ2) is 5.34. The van der Waals surface area contributed by atoms with Crippen molar-refractivity contribution in [3.8, 4) is 0 Å². The fourth-order valence-electron chi connectivity index (χ4n) is 0.555. The van der Waals surface area contributed by atoms with E-state index in [9.17, 15) is 14.9 Å². The maximum atomic E-state index is 10.3. The van der Waals surface area contributed by atoms with Gasteiger partial charge in [0.2, 0.25) is 0 Å². The number of carbonyl (C=O) groups is 1. The Balaban J connectivity index is 3.67. The predicted octanol–water partition coefficient (Wildman–Crippen LogP) is 0.536. The molecule has 0 bridgehead atoms. The summed E-state index contributed by atoms with van der Waals surface area (Å²) in [5, 5.41) is 8.96. The zero-order valence-corrected chi connectivity index (χ0v) is 6.98. The average molecular weight is 177 g/mol. The molecule has 0 N–H and O–H groups in total. The van der Waals surface area contributed by atoms with Crippen LogP contribution >= 0.6 is 0 Å². The molecule has 6 heteroatoms. The van der Waals surface area contributed by atoms with E-state index in [2.05, 4.69) is 9.57 Å². The Hall–Kier alpha value is -1.33. The summed E-state index contributed by atoms with van der Waals surface area (Å²) in [4.78, 5) is 24.4. The van der Waals surface area contributed by atoms with Crippen LogP contribution in [-0.4, -0.2) is 23.8 Å². The van der Waals surface area contributed by atoms with Crippen molar-refractivity contribution in [1.29, 1.82) is 0 Å². The van der Waals surface area contributed by atoms with E-state index in [1.165, 1.54) is 6.92 Å². The Morgan fingerprint density at radius 3 is 2.58 bits per heavy atom. The van der Waals surface area contributed by atoms with E-state index in [0.29, 0.717) is 6.42 Å². The van der Waals surface area contributed by atoms with E-state index >= 15 is 0 Å². The molecule has 0 heterocycles. The van der Waals surface area contributed by atoms with E-state index in [1.54, 1.807) is 6.92 Å². The first-order valence-corrected chi connectivity index (χ1v) is 3.50. The first-order valence-electron chi connectivity index (χ1n) is 3.50. The summed E-state index contributed by atoms with van der Waals surface area (Å²) >= 11 is 0. The number of rotatable bonds is 5. The fourth-order valence-corrected chi connectivity index (χ4v) is 0.555. The Labute approximate surface area is 69.6 Å². The molecule has 0 fully saturated rings. The van der Waals surface area contributed by atoms with Crippen LogP contribution in [0.4, 0.5) is 0 Å². The third kappa shape index (κ3) is 5.45. The molecule has 0 aromatic heterocycles. The largest absolute Gasteiger partial charge is 0.464 e. The molecular weight excluding hydrogens is 166 g/mol.